The zero-order valence-electron chi connectivity index (χ0n) is 5.45. The monoisotopic (exact) mass is 357 g/mol. The van der Waals surface area contributed by atoms with Gasteiger partial charge in [-0.1, -0.05) is 0 Å². The molecule has 10 heavy (non-hydrogen) atoms. The Balaban J connectivity index is 2.08. The molecule has 0 aromatic rings. The van der Waals surface area contributed by atoms with E-state index in [0.29, 0.717) is 17.2 Å². The van der Waals surface area contributed by atoms with Gasteiger partial charge in [0.2, 0.25) is 0 Å². The van der Waals surface area contributed by atoms with Crippen molar-refractivity contribution in [3.8, 4) is 0 Å². The molecule has 0 bridgehead atoms. The second-order valence-corrected chi connectivity index (χ2v) is 7.70. The van der Waals surface area contributed by atoms with Crippen molar-refractivity contribution in [1.82, 2.24) is 0 Å². The quantitative estimate of drug-likeness (QED) is 0.571. The molecule has 0 spiro atoms. The maximum atomic E-state index is 2.60. The molecule has 3 aliphatic carbocycles. The molecule has 1 fully saturated rings. The third-order valence-electron chi connectivity index (χ3n) is 2.84. The molecular weight excluding hydrogens is 350 g/mol. The van der Waals surface area contributed by atoms with Crippen molar-refractivity contribution in [2.45, 2.75) is 19.3 Å². The molecular formula is C8H7I2-. The van der Waals surface area contributed by atoms with Crippen molar-refractivity contribution in [3.63, 3.8) is 0 Å². The van der Waals surface area contributed by atoms with Crippen LogP contribution in [0.2, 0.25) is 0 Å². The fourth-order valence-electron chi connectivity index (χ4n) is 2.31. The molecule has 0 heterocycles. The van der Waals surface area contributed by atoms with E-state index in [1.165, 1.54) is 19.3 Å². The summed E-state index contributed by atoms with van der Waals surface area (Å²) in [4.78, 5) is 0. The minimum absolute atomic E-state index is 0.395. The maximum absolute atomic E-state index is 2.60. The average Bonchev–Trinajstić information content (AvgIpc) is 2.06. The molecule has 0 aliphatic heterocycles. The number of rotatable bonds is 1. The molecule has 3 aliphatic rings. The van der Waals surface area contributed by atoms with Crippen LogP contribution in [-0.2, 0) is 0 Å². The fourth-order valence-corrected chi connectivity index (χ4v) is 6.29. The van der Waals surface area contributed by atoms with Gasteiger partial charge >= 0.3 is 81.3 Å². The summed E-state index contributed by atoms with van der Waals surface area (Å²) in [7, 11) is 0. The molecule has 2 heteroatoms. The Morgan fingerprint density at radius 1 is 1.40 bits per heavy atom. The normalized spacial score (nSPS) is 34.3. The Morgan fingerprint density at radius 3 is 2.90 bits per heavy atom. The number of halogens is 2. The summed E-state index contributed by atoms with van der Waals surface area (Å²) in [6.45, 7) is 0. The van der Waals surface area contributed by atoms with Crippen LogP contribution in [0.4, 0.5) is 0 Å². The van der Waals surface area contributed by atoms with Crippen LogP contribution in [0, 0.1) is 5.92 Å². The zero-order chi connectivity index (χ0) is 6.72. The van der Waals surface area contributed by atoms with Gasteiger partial charge in [0, 0.05) is 0 Å². The minimum atomic E-state index is 0.395. The Bertz CT molecular complexity index is 273. The first-order valence-corrected chi connectivity index (χ1v) is 11.0. The molecule has 0 amide bonds. The van der Waals surface area contributed by atoms with E-state index in [1.807, 2.05) is 20.3 Å². The van der Waals surface area contributed by atoms with Gasteiger partial charge in [0.05, 0.1) is 0 Å². The third kappa shape index (κ3) is 0.589. The van der Waals surface area contributed by atoms with E-state index in [2.05, 4.69) is 18.6 Å². The van der Waals surface area contributed by atoms with Gasteiger partial charge in [0.15, 0.2) is 0 Å². The molecule has 0 saturated heterocycles. The molecule has 3 rings (SSSR count). The van der Waals surface area contributed by atoms with Crippen molar-refractivity contribution in [3.05, 3.63) is 20.3 Å². The SMILES string of the molecule is I[I-]C1=C2CC3CC(=C23)C1. The van der Waals surface area contributed by atoms with Crippen LogP contribution < -0.4 is 17.2 Å². The van der Waals surface area contributed by atoms with E-state index in [4.69, 9.17) is 0 Å². The van der Waals surface area contributed by atoms with Crippen LogP contribution in [0.3, 0.4) is 0 Å². The van der Waals surface area contributed by atoms with Gasteiger partial charge in [0.25, 0.3) is 0 Å². The van der Waals surface area contributed by atoms with E-state index in [1.54, 1.807) is 0 Å². The van der Waals surface area contributed by atoms with Gasteiger partial charge in [-0.15, -0.1) is 0 Å². The molecule has 0 aromatic carbocycles. The number of hydrogen-bond donors (Lipinski definition) is 0. The van der Waals surface area contributed by atoms with Crippen molar-refractivity contribution in [2.75, 3.05) is 0 Å². The predicted octanol–water partition coefficient (Wildman–Crippen LogP) is -0.197. The summed E-state index contributed by atoms with van der Waals surface area (Å²) in [6, 6.07) is 0. The second-order valence-electron chi connectivity index (χ2n) is 3.25. The van der Waals surface area contributed by atoms with Gasteiger partial charge in [-0.2, -0.15) is 0 Å². The average molecular weight is 357 g/mol. The fraction of sp³-hybridized carbons (Fsp3) is 0.500. The first kappa shape index (κ1) is 6.46. The molecule has 1 atom stereocenters. The van der Waals surface area contributed by atoms with Gasteiger partial charge in [-0.3, -0.25) is 0 Å². The predicted molar refractivity (Wildman–Crippen MR) is 45.4 cm³/mol. The molecule has 1 unspecified atom stereocenters. The molecule has 54 valence electrons. The summed E-state index contributed by atoms with van der Waals surface area (Å²) in [5.41, 5.74) is 5.46. The first-order chi connectivity index (χ1) is 4.90. The summed E-state index contributed by atoms with van der Waals surface area (Å²) in [6.07, 6.45) is 4.32. The molecule has 0 nitrogen and oxygen atoms in total. The van der Waals surface area contributed by atoms with Crippen molar-refractivity contribution < 1.29 is 17.2 Å². The Hall–Kier alpha value is 0.940. The van der Waals surface area contributed by atoms with E-state index >= 15 is 0 Å². The van der Waals surface area contributed by atoms with Crippen LogP contribution in [0.25, 0.3) is 0 Å². The van der Waals surface area contributed by atoms with E-state index in [9.17, 15) is 0 Å². The second kappa shape index (κ2) is 2.00. The Labute approximate surface area is 80.6 Å². The first-order valence-electron chi connectivity index (χ1n) is 3.60. The van der Waals surface area contributed by atoms with Crippen LogP contribution >= 0.6 is 18.6 Å². The van der Waals surface area contributed by atoms with Gasteiger partial charge in [0.1, 0.15) is 0 Å². The zero-order valence-corrected chi connectivity index (χ0v) is 9.77. The molecule has 1 saturated carbocycles. The van der Waals surface area contributed by atoms with E-state index in [0.717, 1.165) is 5.92 Å². The van der Waals surface area contributed by atoms with E-state index in [-0.39, 0.29) is 0 Å². The topological polar surface area (TPSA) is 0 Å². The summed E-state index contributed by atoms with van der Waals surface area (Å²) < 4.78 is 1.86. The summed E-state index contributed by atoms with van der Waals surface area (Å²) in [5.74, 6) is 1.05. The summed E-state index contributed by atoms with van der Waals surface area (Å²) in [5, 5.41) is 0. The molecule has 0 aromatic heterocycles. The standard InChI is InChI=1S/C8H7I2/c9-10-7-3-5-1-4-2-6(7)8(4)5/h4H,1-3H2/q-1. The molecule has 0 N–H and O–H groups in total. The van der Waals surface area contributed by atoms with Crippen LogP contribution in [-0.4, -0.2) is 0 Å². The van der Waals surface area contributed by atoms with Crippen molar-refractivity contribution in [2.24, 2.45) is 5.92 Å². The molecule has 0 radical (unpaired) electrons. The number of hydrogen-bond acceptors (Lipinski definition) is 0. The Kier molecular flexibility index (Phi) is 1.29. The third-order valence-corrected chi connectivity index (χ3v) is 7.67. The van der Waals surface area contributed by atoms with Crippen molar-refractivity contribution >= 4 is 18.6 Å². The van der Waals surface area contributed by atoms with Gasteiger partial charge in [-0.25, -0.2) is 0 Å². The van der Waals surface area contributed by atoms with Crippen LogP contribution in [0.1, 0.15) is 19.3 Å². The summed E-state index contributed by atoms with van der Waals surface area (Å²) >= 11 is 3.00. The van der Waals surface area contributed by atoms with Gasteiger partial charge < -0.3 is 0 Å². The van der Waals surface area contributed by atoms with Gasteiger partial charge in [-0.05, 0) is 0 Å². The number of allylic oxidation sites excluding steroid dienone is 4. The van der Waals surface area contributed by atoms with Crippen LogP contribution in [0.5, 0.6) is 0 Å². The Morgan fingerprint density at radius 2 is 2.30 bits per heavy atom. The van der Waals surface area contributed by atoms with Crippen molar-refractivity contribution in [1.29, 1.82) is 0 Å². The van der Waals surface area contributed by atoms with Crippen LogP contribution in [0.15, 0.2) is 20.3 Å². The van der Waals surface area contributed by atoms with E-state index < -0.39 is 0 Å².